The number of aliphatic hydroxyl groups is 1. The highest BCUT2D eigenvalue weighted by molar-refractivity contribution is 9.10. The summed E-state index contributed by atoms with van der Waals surface area (Å²) in [6.07, 6.45) is 2.95. The molecule has 0 heterocycles. The minimum absolute atomic E-state index is 0.111. The summed E-state index contributed by atoms with van der Waals surface area (Å²) in [5, 5.41) is 12.9. The SMILES string of the molecule is O=C(NC1CCC(O)CC1)c1cc(Cl)cc(Br)c1. The molecule has 18 heavy (non-hydrogen) atoms. The zero-order valence-corrected chi connectivity index (χ0v) is 12.2. The number of carbonyl (C=O) groups is 1. The lowest BCUT2D eigenvalue weighted by atomic mass is 9.93. The van der Waals surface area contributed by atoms with Crippen LogP contribution in [0.25, 0.3) is 0 Å². The Labute approximate surface area is 120 Å². The zero-order valence-electron chi connectivity index (χ0n) is 9.83. The van der Waals surface area contributed by atoms with Crippen LogP contribution in [0.4, 0.5) is 0 Å². The average Bonchev–Trinajstić information content (AvgIpc) is 2.31. The first-order valence-corrected chi connectivity index (χ1v) is 7.16. The second kappa shape index (κ2) is 6.04. The lowest BCUT2D eigenvalue weighted by molar-refractivity contribution is 0.0867. The molecule has 0 aliphatic heterocycles. The molecule has 1 aliphatic carbocycles. The maximum absolute atomic E-state index is 12.0. The fraction of sp³-hybridized carbons (Fsp3) is 0.462. The van der Waals surface area contributed by atoms with E-state index in [-0.39, 0.29) is 18.1 Å². The smallest absolute Gasteiger partial charge is 0.251 e. The number of hydrogen-bond acceptors (Lipinski definition) is 2. The van der Waals surface area contributed by atoms with Gasteiger partial charge in [-0.3, -0.25) is 4.79 Å². The minimum atomic E-state index is -0.210. The van der Waals surface area contributed by atoms with E-state index in [2.05, 4.69) is 21.2 Å². The number of nitrogens with one attached hydrogen (secondary N) is 1. The van der Waals surface area contributed by atoms with Crippen molar-refractivity contribution in [3.63, 3.8) is 0 Å². The van der Waals surface area contributed by atoms with Gasteiger partial charge >= 0.3 is 0 Å². The molecular formula is C13H15BrClNO2. The van der Waals surface area contributed by atoms with Crippen LogP contribution >= 0.6 is 27.5 Å². The van der Waals surface area contributed by atoms with Crippen molar-refractivity contribution in [3.05, 3.63) is 33.3 Å². The number of benzene rings is 1. The summed E-state index contributed by atoms with van der Waals surface area (Å²) in [4.78, 5) is 12.0. The Morgan fingerprint density at radius 3 is 2.56 bits per heavy atom. The van der Waals surface area contributed by atoms with Gasteiger partial charge in [0, 0.05) is 21.1 Å². The topological polar surface area (TPSA) is 49.3 Å². The molecule has 2 N–H and O–H groups in total. The molecule has 1 aromatic rings. The Morgan fingerprint density at radius 2 is 1.94 bits per heavy atom. The summed E-state index contributed by atoms with van der Waals surface area (Å²) in [5.74, 6) is -0.111. The molecule has 0 radical (unpaired) electrons. The van der Waals surface area contributed by atoms with E-state index in [1.54, 1.807) is 18.2 Å². The predicted octanol–water partition coefficient (Wildman–Crippen LogP) is 3.14. The van der Waals surface area contributed by atoms with Crippen LogP contribution in [-0.2, 0) is 0 Å². The van der Waals surface area contributed by atoms with Crippen molar-refractivity contribution in [2.75, 3.05) is 0 Å². The number of aliphatic hydroxyl groups excluding tert-OH is 1. The summed E-state index contributed by atoms with van der Waals surface area (Å²) in [7, 11) is 0. The fourth-order valence-corrected chi connectivity index (χ4v) is 3.03. The molecule has 1 amide bonds. The van der Waals surface area contributed by atoms with Gasteiger partial charge in [-0.2, -0.15) is 0 Å². The molecule has 0 bridgehead atoms. The summed E-state index contributed by atoms with van der Waals surface area (Å²) < 4.78 is 0.791. The third-order valence-corrected chi connectivity index (χ3v) is 3.83. The van der Waals surface area contributed by atoms with E-state index in [4.69, 9.17) is 11.6 Å². The van der Waals surface area contributed by atoms with E-state index in [0.29, 0.717) is 10.6 Å². The molecule has 1 aromatic carbocycles. The van der Waals surface area contributed by atoms with E-state index in [9.17, 15) is 9.90 Å². The third-order valence-electron chi connectivity index (χ3n) is 3.16. The summed E-state index contributed by atoms with van der Waals surface area (Å²) in [5.41, 5.74) is 0.556. The van der Waals surface area contributed by atoms with Gasteiger partial charge in [-0.25, -0.2) is 0 Å². The van der Waals surface area contributed by atoms with Crippen molar-refractivity contribution in [3.8, 4) is 0 Å². The largest absolute Gasteiger partial charge is 0.393 e. The molecule has 1 fully saturated rings. The highest BCUT2D eigenvalue weighted by atomic mass is 79.9. The molecule has 0 aromatic heterocycles. The van der Waals surface area contributed by atoms with Gasteiger partial charge in [0.2, 0.25) is 0 Å². The first-order chi connectivity index (χ1) is 8.54. The van der Waals surface area contributed by atoms with E-state index in [0.717, 1.165) is 30.2 Å². The standard InChI is InChI=1S/C13H15BrClNO2/c14-9-5-8(6-10(15)7-9)13(18)16-11-1-3-12(17)4-2-11/h5-7,11-12,17H,1-4H2,(H,16,18). The van der Waals surface area contributed by atoms with Crippen LogP contribution < -0.4 is 5.32 Å². The van der Waals surface area contributed by atoms with Crippen LogP contribution in [0.3, 0.4) is 0 Å². The minimum Gasteiger partial charge on any atom is -0.393 e. The van der Waals surface area contributed by atoms with Gasteiger partial charge in [0.25, 0.3) is 5.91 Å². The van der Waals surface area contributed by atoms with Crippen molar-refractivity contribution in [2.24, 2.45) is 0 Å². The van der Waals surface area contributed by atoms with Crippen LogP contribution in [0.15, 0.2) is 22.7 Å². The van der Waals surface area contributed by atoms with Crippen LogP contribution in [0.1, 0.15) is 36.0 Å². The Hall–Kier alpha value is -0.580. The number of rotatable bonds is 2. The van der Waals surface area contributed by atoms with E-state index < -0.39 is 0 Å². The zero-order chi connectivity index (χ0) is 13.1. The monoisotopic (exact) mass is 331 g/mol. The second-order valence-electron chi connectivity index (χ2n) is 4.64. The van der Waals surface area contributed by atoms with Gasteiger partial charge in [0.05, 0.1) is 6.10 Å². The Morgan fingerprint density at radius 1 is 1.28 bits per heavy atom. The number of hydrogen-bond donors (Lipinski definition) is 2. The van der Waals surface area contributed by atoms with Crippen molar-refractivity contribution in [1.29, 1.82) is 0 Å². The number of amides is 1. The second-order valence-corrected chi connectivity index (χ2v) is 5.99. The Balaban J connectivity index is 1.99. The van der Waals surface area contributed by atoms with Gasteiger partial charge in [0.1, 0.15) is 0 Å². The molecule has 1 saturated carbocycles. The van der Waals surface area contributed by atoms with Crippen LogP contribution in [0, 0.1) is 0 Å². The first kappa shape index (κ1) is 13.8. The maximum Gasteiger partial charge on any atom is 0.251 e. The number of carbonyl (C=O) groups excluding carboxylic acids is 1. The maximum atomic E-state index is 12.0. The van der Waals surface area contributed by atoms with Crippen molar-refractivity contribution >= 4 is 33.4 Å². The Kier molecular flexibility index (Phi) is 4.65. The summed E-state index contributed by atoms with van der Waals surface area (Å²) in [6, 6.07) is 5.30. The van der Waals surface area contributed by atoms with E-state index in [1.165, 1.54) is 0 Å². The third kappa shape index (κ3) is 3.70. The highest BCUT2D eigenvalue weighted by Crippen LogP contribution is 2.21. The molecule has 1 aliphatic rings. The normalized spacial score (nSPS) is 23.7. The van der Waals surface area contributed by atoms with Gasteiger partial charge in [-0.05, 0) is 43.9 Å². The van der Waals surface area contributed by atoms with Gasteiger partial charge < -0.3 is 10.4 Å². The van der Waals surface area contributed by atoms with Crippen molar-refractivity contribution in [2.45, 2.75) is 37.8 Å². The van der Waals surface area contributed by atoms with Crippen molar-refractivity contribution in [1.82, 2.24) is 5.32 Å². The molecule has 0 unspecified atom stereocenters. The molecule has 2 rings (SSSR count). The lowest BCUT2D eigenvalue weighted by Gasteiger charge is -2.26. The average molecular weight is 333 g/mol. The fourth-order valence-electron chi connectivity index (χ4n) is 2.17. The molecule has 98 valence electrons. The lowest BCUT2D eigenvalue weighted by Crippen LogP contribution is -2.38. The molecule has 0 saturated heterocycles. The van der Waals surface area contributed by atoms with Gasteiger partial charge in [0.15, 0.2) is 0 Å². The van der Waals surface area contributed by atoms with E-state index >= 15 is 0 Å². The highest BCUT2D eigenvalue weighted by Gasteiger charge is 2.21. The van der Waals surface area contributed by atoms with Crippen LogP contribution in [-0.4, -0.2) is 23.2 Å². The van der Waals surface area contributed by atoms with Gasteiger partial charge in [-0.15, -0.1) is 0 Å². The quantitative estimate of drug-likeness (QED) is 0.874. The molecule has 5 heteroatoms. The molecule has 3 nitrogen and oxygen atoms in total. The molecule has 0 spiro atoms. The summed E-state index contributed by atoms with van der Waals surface area (Å²) in [6.45, 7) is 0. The predicted molar refractivity (Wildman–Crippen MR) is 74.9 cm³/mol. The first-order valence-electron chi connectivity index (χ1n) is 5.99. The van der Waals surface area contributed by atoms with Crippen LogP contribution in [0.5, 0.6) is 0 Å². The molecule has 0 atom stereocenters. The van der Waals surface area contributed by atoms with Crippen molar-refractivity contribution < 1.29 is 9.90 Å². The van der Waals surface area contributed by atoms with Gasteiger partial charge in [-0.1, -0.05) is 27.5 Å². The molecular weight excluding hydrogens is 318 g/mol. The number of halogens is 2. The summed E-state index contributed by atoms with van der Waals surface area (Å²) >= 11 is 9.23. The Bertz CT molecular complexity index is 424. The van der Waals surface area contributed by atoms with E-state index in [1.807, 2.05) is 0 Å². The van der Waals surface area contributed by atoms with Crippen LogP contribution in [0.2, 0.25) is 5.02 Å².